The van der Waals surface area contributed by atoms with Crippen LogP contribution in [-0.2, 0) is 11.2 Å². The molecule has 0 aromatic heterocycles. The molecule has 2 fully saturated rings. The predicted octanol–water partition coefficient (Wildman–Crippen LogP) is 4.63. The summed E-state index contributed by atoms with van der Waals surface area (Å²) in [6.07, 6.45) is 5.21. The van der Waals surface area contributed by atoms with Gasteiger partial charge in [0.05, 0.1) is 0 Å². The van der Waals surface area contributed by atoms with E-state index in [9.17, 15) is 4.79 Å². The van der Waals surface area contributed by atoms with Crippen molar-refractivity contribution in [3.63, 3.8) is 0 Å². The standard InChI is InChI=1S/C25H33N3O/c1-19-17-22(26-25(29)13-10-21-8-4-3-5-9-21)11-12-24(19)27-16-14-23(18-27)28-15-6-7-20(28)2/h3-5,8-9,11-12,17,20,23H,6-7,10,13-16,18H2,1-2H3,(H,26,29). The second kappa shape index (κ2) is 9.00. The fourth-order valence-electron chi connectivity index (χ4n) is 4.94. The minimum absolute atomic E-state index is 0.0743. The van der Waals surface area contributed by atoms with Crippen LogP contribution in [0.15, 0.2) is 48.5 Å². The predicted molar refractivity (Wildman–Crippen MR) is 121 cm³/mol. The number of amides is 1. The lowest BCUT2D eigenvalue weighted by Crippen LogP contribution is -2.39. The smallest absolute Gasteiger partial charge is 0.224 e. The van der Waals surface area contributed by atoms with Gasteiger partial charge >= 0.3 is 0 Å². The van der Waals surface area contributed by atoms with Gasteiger partial charge in [-0.2, -0.15) is 0 Å². The van der Waals surface area contributed by atoms with E-state index in [4.69, 9.17) is 0 Å². The highest BCUT2D eigenvalue weighted by Gasteiger charge is 2.33. The maximum Gasteiger partial charge on any atom is 0.224 e. The first kappa shape index (κ1) is 20.0. The molecule has 0 aliphatic carbocycles. The minimum Gasteiger partial charge on any atom is -0.370 e. The summed E-state index contributed by atoms with van der Waals surface area (Å²) in [7, 11) is 0. The van der Waals surface area contributed by atoms with E-state index in [2.05, 4.69) is 59.3 Å². The van der Waals surface area contributed by atoms with E-state index in [-0.39, 0.29) is 5.91 Å². The molecule has 1 N–H and O–H groups in total. The number of nitrogens with one attached hydrogen (secondary N) is 1. The Morgan fingerprint density at radius 1 is 1.10 bits per heavy atom. The molecule has 2 unspecified atom stereocenters. The summed E-state index contributed by atoms with van der Waals surface area (Å²) in [6, 6.07) is 17.9. The number of hydrogen-bond donors (Lipinski definition) is 1. The lowest BCUT2D eigenvalue weighted by atomic mass is 10.1. The molecule has 0 bridgehead atoms. The van der Waals surface area contributed by atoms with Crippen molar-refractivity contribution in [1.29, 1.82) is 0 Å². The highest BCUT2D eigenvalue weighted by Crippen LogP contribution is 2.31. The van der Waals surface area contributed by atoms with Crippen molar-refractivity contribution in [2.24, 2.45) is 0 Å². The Labute approximate surface area is 174 Å². The summed E-state index contributed by atoms with van der Waals surface area (Å²) >= 11 is 0. The summed E-state index contributed by atoms with van der Waals surface area (Å²) < 4.78 is 0. The Morgan fingerprint density at radius 3 is 2.66 bits per heavy atom. The van der Waals surface area contributed by atoms with E-state index in [1.807, 2.05) is 18.2 Å². The Balaban J connectivity index is 1.32. The molecule has 2 atom stereocenters. The summed E-state index contributed by atoms with van der Waals surface area (Å²) in [6.45, 7) is 8.02. The second-order valence-electron chi connectivity index (χ2n) is 8.65. The zero-order chi connectivity index (χ0) is 20.2. The molecule has 2 aliphatic rings. The largest absolute Gasteiger partial charge is 0.370 e. The Morgan fingerprint density at radius 2 is 1.93 bits per heavy atom. The van der Waals surface area contributed by atoms with E-state index in [0.717, 1.165) is 31.2 Å². The Bertz CT molecular complexity index is 835. The number of carbonyl (C=O) groups is 1. The zero-order valence-corrected chi connectivity index (χ0v) is 17.7. The molecule has 154 valence electrons. The van der Waals surface area contributed by atoms with E-state index >= 15 is 0 Å². The van der Waals surface area contributed by atoms with Gasteiger partial charge in [-0.05, 0) is 75.4 Å². The van der Waals surface area contributed by atoms with Crippen LogP contribution in [-0.4, -0.2) is 42.5 Å². The molecule has 0 saturated carbocycles. The number of hydrogen-bond acceptors (Lipinski definition) is 3. The number of anilines is 2. The van der Waals surface area contributed by atoms with Crippen LogP contribution in [0.25, 0.3) is 0 Å². The van der Waals surface area contributed by atoms with Gasteiger partial charge in [0.15, 0.2) is 0 Å². The average molecular weight is 392 g/mol. The quantitative estimate of drug-likeness (QED) is 0.780. The number of rotatable bonds is 6. The van der Waals surface area contributed by atoms with Gasteiger partial charge in [-0.3, -0.25) is 9.69 Å². The molecule has 4 rings (SSSR count). The molecule has 2 saturated heterocycles. The molecule has 0 spiro atoms. The summed E-state index contributed by atoms with van der Waals surface area (Å²) in [5.74, 6) is 0.0743. The van der Waals surface area contributed by atoms with Crippen LogP contribution in [0.4, 0.5) is 11.4 Å². The Hall–Kier alpha value is -2.33. The van der Waals surface area contributed by atoms with Gasteiger partial charge in [0, 0.05) is 43.0 Å². The third-order valence-corrected chi connectivity index (χ3v) is 6.54. The second-order valence-corrected chi connectivity index (χ2v) is 8.65. The lowest BCUT2D eigenvalue weighted by molar-refractivity contribution is -0.116. The molecule has 0 radical (unpaired) electrons. The first-order valence-electron chi connectivity index (χ1n) is 11.1. The molecule has 29 heavy (non-hydrogen) atoms. The number of likely N-dealkylation sites (tertiary alicyclic amines) is 1. The summed E-state index contributed by atoms with van der Waals surface area (Å²) in [5.41, 5.74) is 4.64. The minimum atomic E-state index is 0.0743. The molecule has 4 heteroatoms. The highest BCUT2D eigenvalue weighted by molar-refractivity contribution is 5.91. The lowest BCUT2D eigenvalue weighted by Gasteiger charge is -2.29. The van der Waals surface area contributed by atoms with Crippen LogP contribution >= 0.6 is 0 Å². The van der Waals surface area contributed by atoms with E-state index in [1.54, 1.807) is 0 Å². The maximum atomic E-state index is 12.3. The molecular weight excluding hydrogens is 358 g/mol. The molecule has 2 heterocycles. The van der Waals surface area contributed by atoms with Crippen molar-refractivity contribution in [2.45, 2.75) is 58.0 Å². The molecular formula is C25H33N3O. The summed E-state index contributed by atoms with van der Waals surface area (Å²) in [4.78, 5) is 17.6. The van der Waals surface area contributed by atoms with Gasteiger partial charge in [0.1, 0.15) is 0 Å². The first-order chi connectivity index (χ1) is 14.1. The van der Waals surface area contributed by atoms with Gasteiger partial charge in [-0.25, -0.2) is 0 Å². The number of nitrogens with zero attached hydrogens (tertiary/aromatic N) is 2. The third kappa shape index (κ3) is 4.81. The average Bonchev–Trinajstić information content (AvgIpc) is 3.36. The van der Waals surface area contributed by atoms with Crippen LogP contribution in [0.3, 0.4) is 0 Å². The topological polar surface area (TPSA) is 35.6 Å². The SMILES string of the molecule is Cc1cc(NC(=O)CCc2ccccc2)ccc1N1CCC(N2CCCC2C)C1. The van der Waals surface area contributed by atoms with Gasteiger partial charge in [0.2, 0.25) is 5.91 Å². The van der Waals surface area contributed by atoms with Crippen LogP contribution in [0.1, 0.15) is 43.7 Å². The zero-order valence-electron chi connectivity index (χ0n) is 17.7. The van der Waals surface area contributed by atoms with Crippen molar-refractivity contribution in [3.8, 4) is 0 Å². The Kier molecular flexibility index (Phi) is 6.19. The van der Waals surface area contributed by atoms with Gasteiger partial charge in [0.25, 0.3) is 0 Å². The summed E-state index contributed by atoms with van der Waals surface area (Å²) in [5, 5.41) is 3.06. The molecule has 2 aliphatic heterocycles. The van der Waals surface area contributed by atoms with Crippen LogP contribution < -0.4 is 10.2 Å². The monoisotopic (exact) mass is 391 g/mol. The van der Waals surface area contributed by atoms with Crippen molar-refractivity contribution in [3.05, 3.63) is 59.7 Å². The van der Waals surface area contributed by atoms with E-state index < -0.39 is 0 Å². The van der Waals surface area contributed by atoms with Crippen molar-refractivity contribution in [1.82, 2.24) is 4.90 Å². The van der Waals surface area contributed by atoms with Gasteiger partial charge < -0.3 is 10.2 Å². The van der Waals surface area contributed by atoms with Gasteiger partial charge in [-0.15, -0.1) is 0 Å². The van der Waals surface area contributed by atoms with Crippen molar-refractivity contribution in [2.75, 3.05) is 29.9 Å². The molecule has 2 aromatic carbocycles. The third-order valence-electron chi connectivity index (χ3n) is 6.54. The first-order valence-corrected chi connectivity index (χ1v) is 11.1. The fourth-order valence-corrected chi connectivity index (χ4v) is 4.94. The van der Waals surface area contributed by atoms with Gasteiger partial charge in [-0.1, -0.05) is 30.3 Å². The van der Waals surface area contributed by atoms with Crippen LogP contribution in [0.2, 0.25) is 0 Å². The maximum absolute atomic E-state index is 12.3. The number of benzene rings is 2. The normalized spacial score (nSPS) is 22.2. The van der Waals surface area contributed by atoms with E-state index in [1.165, 1.54) is 42.6 Å². The van der Waals surface area contributed by atoms with Crippen LogP contribution in [0, 0.1) is 6.92 Å². The number of carbonyl (C=O) groups excluding carboxylic acids is 1. The molecule has 1 amide bonds. The molecule has 2 aromatic rings. The van der Waals surface area contributed by atoms with Crippen molar-refractivity contribution < 1.29 is 4.79 Å². The number of aryl methyl sites for hydroxylation is 2. The fraction of sp³-hybridized carbons (Fsp3) is 0.480. The highest BCUT2D eigenvalue weighted by atomic mass is 16.1. The van der Waals surface area contributed by atoms with Crippen molar-refractivity contribution >= 4 is 17.3 Å². The van der Waals surface area contributed by atoms with Crippen LogP contribution in [0.5, 0.6) is 0 Å². The molecule has 4 nitrogen and oxygen atoms in total. The van der Waals surface area contributed by atoms with E-state index in [0.29, 0.717) is 12.5 Å².